The maximum Gasteiger partial charge on any atom is 0.264 e. The summed E-state index contributed by atoms with van der Waals surface area (Å²) in [6, 6.07) is 10.5. The Morgan fingerprint density at radius 1 is 1.10 bits per heavy atom. The van der Waals surface area contributed by atoms with E-state index >= 15 is 0 Å². The van der Waals surface area contributed by atoms with E-state index in [4.69, 9.17) is 25.8 Å². The predicted molar refractivity (Wildman–Crippen MR) is 108 cm³/mol. The number of hydrogen-bond acceptors (Lipinski definition) is 5. The highest BCUT2D eigenvalue weighted by molar-refractivity contribution is 6.30. The molecular formula is C21H21ClN2O5. The van der Waals surface area contributed by atoms with Gasteiger partial charge in [0.25, 0.3) is 5.91 Å². The van der Waals surface area contributed by atoms with Crippen molar-refractivity contribution >= 4 is 29.1 Å². The van der Waals surface area contributed by atoms with Gasteiger partial charge >= 0.3 is 0 Å². The average Bonchev–Trinajstić information content (AvgIpc) is 3.14. The van der Waals surface area contributed by atoms with Gasteiger partial charge in [0.05, 0.1) is 6.54 Å². The number of carbonyl (C=O) groups excluding carboxylic acids is 2. The minimum atomic E-state index is -0.648. The number of halogens is 1. The fraction of sp³-hybridized carbons (Fsp3) is 0.333. The molecule has 2 aliphatic heterocycles. The molecule has 0 aliphatic carbocycles. The quantitative estimate of drug-likeness (QED) is 0.811. The third-order valence-electron chi connectivity index (χ3n) is 4.83. The summed E-state index contributed by atoms with van der Waals surface area (Å²) in [6.07, 6.45) is -0.208. The summed E-state index contributed by atoms with van der Waals surface area (Å²) < 4.78 is 16.8. The van der Waals surface area contributed by atoms with E-state index in [2.05, 4.69) is 5.32 Å². The normalized spacial score (nSPS) is 16.6. The van der Waals surface area contributed by atoms with E-state index in [1.165, 1.54) is 4.90 Å². The number of hydrogen-bond donors (Lipinski definition) is 1. The Morgan fingerprint density at radius 2 is 1.86 bits per heavy atom. The van der Waals surface area contributed by atoms with Gasteiger partial charge < -0.3 is 24.4 Å². The molecule has 0 unspecified atom stereocenters. The number of fused-ring (bicyclic) bond motifs is 2. The molecule has 7 nitrogen and oxygen atoms in total. The molecule has 0 radical (unpaired) electrons. The van der Waals surface area contributed by atoms with Crippen LogP contribution in [0.15, 0.2) is 36.4 Å². The number of anilines is 1. The number of carbonyl (C=O) groups is 2. The third-order valence-corrected chi connectivity index (χ3v) is 5.06. The van der Waals surface area contributed by atoms with Gasteiger partial charge in [0.1, 0.15) is 19.0 Å². The molecule has 29 heavy (non-hydrogen) atoms. The van der Waals surface area contributed by atoms with Crippen molar-refractivity contribution < 1.29 is 23.8 Å². The number of likely N-dealkylation sites (N-methyl/N-ethyl adjacent to an activating group) is 1. The third kappa shape index (κ3) is 4.24. The molecular weight excluding hydrogens is 396 g/mol. The second-order valence-corrected chi connectivity index (χ2v) is 7.26. The molecule has 0 aromatic heterocycles. The van der Waals surface area contributed by atoms with Crippen LogP contribution in [0.3, 0.4) is 0 Å². The van der Waals surface area contributed by atoms with E-state index in [-0.39, 0.29) is 18.4 Å². The molecule has 1 atom stereocenters. The van der Waals surface area contributed by atoms with E-state index in [1.807, 2.05) is 6.92 Å². The number of benzene rings is 2. The van der Waals surface area contributed by atoms with Gasteiger partial charge in [0.15, 0.2) is 17.6 Å². The lowest BCUT2D eigenvalue weighted by atomic mass is 10.1. The molecule has 0 fully saturated rings. The Balaban J connectivity index is 1.37. The largest absolute Gasteiger partial charge is 0.486 e. The Morgan fingerprint density at radius 3 is 2.66 bits per heavy atom. The fourth-order valence-electron chi connectivity index (χ4n) is 3.40. The molecule has 1 N–H and O–H groups in total. The lowest BCUT2D eigenvalue weighted by molar-refractivity contribution is -0.140. The van der Waals surface area contributed by atoms with Crippen molar-refractivity contribution in [3.05, 3.63) is 47.0 Å². The minimum absolute atomic E-state index is 0.0687. The first kappa shape index (κ1) is 19.4. The van der Waals surface area contributed by atoms with Crippen molar-refractivity contribution in [1.29, 1.82) is 0 Å². The lowest BCUT2D eigenvalue weighted by Crippen LogP contribution is -2.44. The summed E-state index contributed by atoms with van der Waals surface area (Å²) in [5, 5.41) is 3.40. The first-order valence-corrected chi connectivity index (χ1v) is 9.84. The van der Waals surface area contributed by atoms with Crippen LogP contribution < -0.4 is 19.5 Å². The second kappa shape index (κ2) is 8.21. The Labute approximate surface area is 173 Å². The van der Waals surface area contributed by atoms with Crippen LogP contribution in [-0.4, -0.2) is 49.1 Å². The molecule has 152 valence electrons. The molecule has 0 saturated carbocycles. The van der Waals surface area contributed by atoms with E-state index in [1.54, 1.807) is 36.4 Å². The van der Waals surface area contributed by atoms with Gasteiger partial charge in [-0.2, -0.15) is 0 Å². The van der Waals surface area contributed by atoms with Gasteiger partial charge in [0, 0.05) is 29.7 Å². The van der Waals surface area contributed by atoms with Crippen LogP contribution in [0.4, 0.5) is 5.69 Å². The van der Waals surface area contributed by atoms with Crippen molar-refractivity contribution in [2.24, 2.45) is 0 Å². The van der Waals surface area contributed by atoms with Crippen molar-refractivity contribution in [3.63, 3.8) is 0 Å². The molecule has 8 heteroatoms. The van der Waals surface area contributed by atoms with Crippen LogP contribution in [-0.2, 0) is 16.0 Å². The van der Waals surface area contributed by atoms with E-state index in [9.17, 15) is 9.59 Å². The van der Waals surface area contributed by atoms with Gasteiger partial charge in [-0.1, -0.05) is 11.6 Å². The van der Waals surface area contributed by atoms with E-state index in [0.29, 0.717) is 54.1 Å². The van der Waals surface area contributed by atoms with E-state index < -0.39 is 6.10 Å². The second-order valence-electron chi connectivity index (χ2n) is 6.82. The zero-order valence-corrected chi connectivity index (χ0v) is 16.7. The number of amides is 2. The molecule has 0 saturated heterocycles. The topological polar surface area (TPSA) is 77.1 Å². The summed E-state index contributed by atoms with van der Waals surface area (Å²) in [5.74, 6) is 1.38. The SMILES string of the molecule is CCN(CC(=O)Nc1ccc2c(c1)OCCO2)C(=O)[C@H]1Cc2cc(Cl)ccc2O1. The van der Waals surface area contributed by atoms with Crippen molar-refractivity contribution in [3.8, 4) is 17.2 Å². The lowest BCUT2D eigenvalue weighted by Gasteiger charge is -2.23. The van der Waals surface area contributed by atoms with Crippen molar-refractivity contribution in [2.45, 2.75) is 19.4 Å². The van der Waals surface area contributed by atoms with Gasteiger partial charge in [-0.05, 0) is 42.8 Å². The fourth-order valence-corrected chi connectivity index (χ4v) is 3.59. The number of rotatable bonds is 5. The minimum Gasteiger partial charge on any atom is -0.486 e. The summed E-state index contributed by atoms with van der Waals surface area (Å²) in [4.78, 5) is 26.8. The molecule has 0 bridgehead atoms. The van der Waals surface area contributed by atoms with Crippen molar-refractivity contribution in [2.75, 3.05) is 31.6 Å². The standard InChI is InChI=1S/C21H21ClN2O5/c1-2-24(21(26)19-10-13-9-14(22)3-5-16(13)29-19)12-20(25)23-15-4-6-17-18(11-15)28-8-7-27-17/h3-6,9,11,19H,2,7-8,10,12H2,1H3,(H,23,25)/t19-/m1/s1. The molecule has 2 heterocycles. The highest BCUT2D eigenvalue weighted by atomic mass is 35.5. The van der Waals surface area contributed by atoms with Crippen LogP contribution >= 0.6 is 11.6 Å². The maximum atomic E-state index is 12.9. The van der Waals surface area contributed by atoms with Crippen LogP contribution in [0.1, 0.15) is 12.5 Å². The number of nitrogens with one attached hydrogen (secondary N) is 1. The highest BCUT2D eigenvalue weighted by Gasteiger charge is 2.32. The summed E-state index contributed by atoms with van der Waals surface area (Å²) in [6.45, 7) is 3.13. The highest BCUT2D eigenvalue weighted by Crippen LogP contribution is 2.33. The van der Waals surface area contributed by atoms with E-state index in [0.717, 1.165) is 5.56 Å². The van der Waals surface area contributed by atoms with Crippen LogP contribution in [0, 0.1) is 0 Å². The Bertz CT molecular complexity index is 949. The molecule has 2 aliphatic rings. The molecule has 2 aromatic carbocycles. The number of nitrogens with zero attached hydrogens (tertiary/aromatic N) is 1. The zero-order valence-electron chi connectivity index (χ0n) is 15.9. The monoisotopic (exact) mass is 416 g/mol. The zero-order chi connectivity index (χ0) is 20.4. The molecule has 2 aromatic rings. The molecule has 0 spiro atoms. The smallest absolute Gasteiger partial charge is 0.264 e. The Hall–Kier alpha value is -2.93. The molecule has 4 rings (SSSR count). The number of ether oxygens (including phenoxy) is 3. The first-order chi connectivity index (χ1) is 14.0. The van der Waals surface area contributed by atoms with Crippen LogP contribution in [0.25, 0.3) is 0 Å². The van der Waals surface area contributed by atoms with Gasteiger partial charge in [0.2, 0.25) is 5.91 Å². The van der Waals surface area contributed by atoms with Crippen LogP contribution in [0.2, 0.25) is 5.02 Å². The maximum absolute atomic E-state index is 12.9. The van der Waals surface area contributed by atoms with Gasteiger partial charge in [-0.3, -0.25) is 9.59 Å². The van der Waals surface area contributed by atoms with Gasteiger partial charge in [-0.15, -0.1) is 0 Å². The van der Waals surface area contributed by atoms with Crippen LogP contribution in [0.5, 0.6) is 17.2 Å². The Kier molecular flexibility index (Phi) is 5.49. The summed E-state index contributed by atoms with van der Waals surface area (Å²) in [7, 11) is 0. The summed E-state index contributed by atoms with van der Waals surface area (Å²) >= 11 is 6.01. The van der Waals surface area contributed by atoms with Gasteiger partial charge in [-0.25, -0.2) is 0 Å². The average molecular weight is 417 g/mol. The first-order valence-electron chi connectivity index (χ1n) is 9.47. The van der Waals surface area contributed by atoms with Crippen molar-refractivity contribution in [1.82, 2.24) is 4.90 Å². The molecule has 2 amide bonds. The predicted octanol–water partition coefficient (Wildman–Crippen LogP) is 2.90. The summed E-state index contributed by atoms with van der Waals surface area (Å²) in [5.41, 5.74) is 1.48.